The molecule has 9 nitrogen and oxygen atoms in total. The van der Waals surface area contributed by atoms with Crippen LogP contribution in [0, 0.1) is 17.8 Å². The minimum Gasteiger partial charge on any atom is -0.460 e. The molecule has 1 amide bonds. The molecule has 0 saturated heterocycles. The van der Waals surface area contributed by atoms with Crippen LogP contribution in [0.3, 0.4) is 0 Å². The van der Waals surface area contributed by atoms with Gasteiger partial charge >= 0.3 is 18.0 Å². The molecular weight excluding hydrogens is 547 g/mol. The predicted octanol–water partition coefficient (Wildman–Crippen LogP) is 5.28. The van der Waals surface area contributed by atoms with Crippen molar-refractivity contribution < 1.29 is 33.3 Å². The molecule has 1 aromatic carbocycles. The average molecular weight is 590 g/mol. The van der Waals surface area contributed by atoms with Crippen LogP contribution in [0.5, 0.6) is 0 Å². The number of carbonyl (C=O) groups is 3. The topological polar surface area (TPSA) is 126 Å². The molecule has 0 spiro atoms. The Morgan fingerprint density at radius 3 is 1.95 bits per heavy atom. The van der Waals surface area contributed by atoms with Crippen LogP contribution in [0.4, 0.5) is 4.79 Å². The van der Waals surface area contributed by atoms with E-state index in [9.17, 15) is 14.4 Å². The smallest absolute Gasteiger partial charge is 0.408 e. The number of nitrogens with two attached hydrogens (primary N) is 1. The lowest BCUT2D eigenvalue weighted by molar-refractivity contribution is -0.159. The number of nitrogens with one attached hydrogen (secondary N) is 1. The van der Waals surface area contributed by atoms with Gasteiger partial charge in [0.05, 0.1) is 29.2 Å². The number of benzene rings is 1. The van der Waals surface area contributed by atoms with Crippen LogP contribution in [0.25, 0.3) is 0 Å². The molecule has 5 atom stereocenters. The summed E-state index contributed by atoms with van der Waals surface area (Å²) >= 11 is 12.1. The first-order chi connectivity index (χ1) is 17.7. The van der Waals surface area contributed by atoms with Crippen molar-refractivity contribution in [1.82, 2.24) is 5.32 Å². The number of amides is 1. The Balaban J connectivity index is 2.27. The number of ether oxygens (including phenoxy) is 4. The van der Waals surface area contributed by atoms with Crippen molar-refractivity contribution in [2.24, 2.45) is 23.5 Å². The molecule has 1 aliphatic carbocycles. The number of esters is 2. The standard InChI is InChI=1S/C28H42Cl2N2O7/c1-26(2,3)37-23(33)21-19(18(31)14-36-13-15-10-11-16(29)17(30)12-15)20(21)22(24(34)38-27(4,5)6)32-25(35)39-28(7,8)9/h10-12,18-22H,13-14,31H2,1-9H3,(H,32,35). The van der Waals surface area contributed by atoms with Crippen molar-refractivity contribution >= 4 is 41.2 Å². The molecule has 0 aliphatic heterocycles. The van der Waals surface area contributed by atoms with Crippen molar-refractivity contribution in [2.75, 3.05) is 6.61 Å². The van der Waals surface area contributed by atoms with Crippen molar-refractivity contribution in [1.29, 1.82) is 0 Å². The Labute approximate surface area is 241 Å². The molecule has 220 valence electrons. The van der Waals surface area contributed by atoms with Crippen LogP contribution in [0.2, 0.25) is 10.0 Å². The molecular formula is C28H42Cl2N2O7. The van der Waals surface area contributed by atoms with Crippen LogP contribution >= 0.6 is 23.2 Å². The summed E-state index contributed by atoms with van der Waals surface area (Å²) in [6, 6.07) is 3.31. The third kappa shape index (κ3) is 10.8. The molecule has 0 heterocycles. The van der Waals surface area contributed by atoms with Crippen LogP contribution in [-0.2, 0) is 35.1 Å². The monoisotopic (exact) mass is 588 g/mol. The lowest BCUT2D eigenvalue weighted by Crippen LogP contribution is -2.48. The first kappa shape index (κ1) is 33.1. The van der Waals surface area contributed by atoms with E-state index < -0.39 is 64.7 Å². The van der Waals surface area contributed by atoms with Gasteiger partial charge in [0, 0.05) is 12.0 Å². The predicted molar refractivity (Wildman–Crippen MR) is 149 cm³/mol. The zero-order chi connectivity index (χ0) is 29.9. The van der Waals surface area contributed by atoms with E-state index in [4.69, 9.17) is 47.9 Å². The van der Waals surface area contributed by atoms with Gasteiger partial charge in [0.2, 0.25) is 0 Å². The van der Waals surface area contributed by atoms with Gasteiger partial charge in [-0.1, -0.05) is 29.3 Å². The summed E-state index contributed by atoms with van der Waals surface area (Å²) in [4.78, 5) is 39.2. The summed E-state index contributed by atoms with van der Waals surface area (Å²) in [7, 11) is 0. The first-order valence-corrected chi connectivity index (χ1v) is 13.7. The van der Waals surface area contributed by atoms with Crippen LogP contribution in [-0.4, -0.2) is 53.5 Å². The number of alkyl carbamates (subject to hydrolysis) is 1. The van der Waals surface area contributed by atoms with Gasteiger partial charge in [-0.25, -0.2) is 9.59 Å². The van der Waals surface area contributed by atoms with Gasteiger partial charge in [0.1, 0.15) is 22.8 Å². The minimum atomic E-state index is -1.19. The lowest BCUT2D eigenvalue weighted by Gasteiger charge is -2.27. The molecule has 3 N–H and O–H groups in total. The number of hydrogen-bond donors (Lipinski definition) is 2. The largest absolute Gasteiger partial charge is 0.460 e. The SMILES string of the molecule is CC(C)(C)OC(=O)NC(C(=O)OC(C)(C)C)C1C(C(=O)OC(C)(C)C)C1C(N)COCc1ccc(Cl)c(Cl)c1. The fraction of sp³-hybridized carbons (Fsp3) is 0.679. The highest BCUT2D eigenvalue weighted by atomic mass is 35.5. The maximum absolute atomic E-state index is 13.3. The number of halogens is 2. The molecule has 1 aliphatic rings. The average Bonchev–Trinajstić information content (AvgIpc) is 3.46. The second-order valence-corrected chi connectivity index (χ2v) is 13.6. The summed E-state index contributed by atoms with van der Waals surface area (Å²) in [6.07, 6.45) is -0.809. The van der Waals surface area contributed by atoms with Crippen molar-refractivity contribution in [3.05, 3.63) is 33.8 Å². The van der Waals surface area contributed by atoms with Gasteiger partial charge in [0.25, 0.3) is 0 Å². The van der Waals surface area contributed by atoms with Gasteiger partial charge in [-0.15, -0.1) is 0 Å². The van der Waals surface area contributed by atoms with Gasteiger partial charge in [-0.2, -0.15) is 0 Å². The van der Waals surface area contributed by atoms with Crippen molar-refractivity contribution in [2.45, 2.75) is 97.8 Å². The molecule has 5 unspecified atom stereocenters. The third-order valence-corrected chi connectivity index (χ3v) is 6.33. The molecule has 0 aromatic heterocycles. The Morgan fingerprint density at radius 1 is 0.872 bits per heavy atom. The second kappa shape index (κ2) is 12.6. The van der Waals surface area contributed by atoms with E-state index in [1.807, 2.05) is 0 Å². The highest BCUT2D eigenvalue weighted by Crippen LogP contribution is 2.52. The summed E-state index contributed by atoms with van der Waals surface area (Å²) < 4.78 is 22.4. The fourth-order valence-corrected chi connectivity index (χ4v) is 4.51. The van der Waals surface area contributed by atoms with Crippen molar-refractivity contribution in [3.63, 3.8) is 0 Å². The maximum Gasteiger partial charge on any atom is 0.408 e. The number of rotatable bonds is 9. The lowest BCUT2D eigenvalue weighted by atomic mass is 10.1. The quantitative estimate of drug-likeness (QED) is 0.295. The van der Waals surface area contributed by atoms with Crippen molar-refractivity contribution in [3.8, 4) is 0 Å². The molecule has 39 heavy (non-hydrogen) atoms. The molecule has 1 saturated carbocycles. The van der Waals surface area contributed by atoms with Gasteiger partial charge in [-0.05, 0) is 85.9 Å². The van der Waals surface area contributed by atoms with E-state index in [0.29, 0.717) is 10.0 Å². The molecule has 1 aromatic rings. The van der Waals surface area contributed by atoms with E-state index in [2.05, 4.69) is 5.32 Å². The Morgan fingerprint density at radius 2 is 1.44 bits per heavy atom. The zero-order valence-corrected chi connectivity index (χ0v) is 25.7. The Kier molecular flexibility index (Phi) is 10.7. The number of carbonyl (C=O) groups excluding carboxylic acids is 3. The number of hydrogen-bond acceptors (Lipinski definition) is 8. The minimum absolute atomic E-state index is 0.0776. The normalized spacial score (nSPS) is 21.0. The van der Waals surface area contributed by atoms with Crippen LogP contribution in [0.15, 0.2) is 18.2 Å². The summed E-state index contributed by atoms with van der Waals surface area (Å²) in [5.41, 5.74) is 4.91. The summed E-state index contributed by atoms with van der Waals surface area (Å²) in [5, 5.41) is 3.46. The molecule has 0 radical (unpaired) electrons. The molecule has 1 fully saturated rings. The fourth-order valence-electron chi connectivity index (χ4n) is 4.19. The van der Waals surface area contributed by atoms with Gasteiger partial charge in [-0.3, -0.25) is 4.79 Å². The summed E-state index contributed by atoms with van der Waals surface area (Å²) in [6.45, 7) is 15.8. The Bertz CT molecular complexity index is 1040. The highest BCUT2D eigenvalue weighted by molar-refractivity contribution is 6.42. The van der Waals surface area contributed by atoms with E-state index >= 15 is 0 Å². The molecule has 11 heteroatoms. The van der Waals surface area contributed by atoms with E-state index in [-0.39, 0.29) is 13.2 Å². The highest BCUT2D eigenvalue weighted by Gasteiger charge is 2.64. The van der Waals surface area contributed by atoms with Crippen LogP contribution in [0.1, 0.15) is 67.9 Å². The van der Waals surface area contributed by atoms with Gasteiger partial charge < -0.3 is 30.0 Å². The maximum atomic E-state index is 13.3. The molecule has 0 bridgehead atoms. The third-order valence-electron chi connectivity index (χ3n) is 5.59. The van der Waals surface area contributed by atoms with Crippen LogP contribution < -0.4 is 11.1 Å². The molecule has 2 rings (SSSR count). The van der Waals surface area contributed by atoms with E-state index in [1.54, 1.807) is 80.5 Å². The van der Waals surface area contributed by atoms with Gasteiger partial charge in [0.15, 0.2) is 0 Å². The van der Waals surface area contributed by atoms with E-state index in [0.717, 1.165) is 5.56 Å². The zero-order valence-electron chi connectivity index (χ0n) is 24.2. The second-order valence-electron chi connectivity index (χ2n) is 12.8. The van der Waals surface area contributed by atoms with E-state index in [1.165, 1.54) is 0 Å². The summed E-state index contributed by atoms with van der Waals surface area (Å²) in [5.74, 6) is -3.19. The first-order valence-electron chi connectivity index (χ1n) is 12.9. The Hall–Kier alpha value is -2.07.